The molecule has 0 unspecified atom stereocenters. The van der Waals surface area contributed by atoms with Crippen LogP contribution >= 0.6 is 0 Å². The summed E-state index contributed by atoms with van der Waals surface area (Å²) in [5, 5.41) is 0. The fourth-order valence-corrected chi connectivity index (χ4v) is 2.40. The number of nitrogens with zero attached hydrogens (tertiary/aromatic N) is 1. The zero-order valence-electron chi connectivity index (χ0n) is 15.8. The second-order valence-corrected chi connectivity index (χ2v) is 7.04. The zero-order valence-corrected chi connectivity index (χ0v) is 15.8. The smallest absolute Gasteiger partial charge is 0.410 e. The molecule has 1 amide bonds. The van der Waals surface area contributed by atoms with E-state index < -0.39 is 0 Å². The molecule has 2 aromatic rings. The number of ether oxygens (including phenoxy) is 2. The van der Waals surface area contributed by atoms with Gasteiger partial charge >= 0.3 is 6.09 Å². The number of hydrogen-bond donors (Lipinski definition) is 0. The van der Waals surface area contributed by atoms with Gasteiger partial charge in [-0.25, -0.2) is 4.79 Å². The summed E-state index contributed by atoms with van der Waals surface area (Å²) in [5.74, 6) is 0.780. The molecule has 0 aliphatic carbocycles. The van der Waals surface area contributed by atoms with Crippen molar-refractivity contribution in [3.8, 4) is 5.75 Å². The van der Waals surface area contributed by atoms with Gasteiger partial charge in [-0.3, -0.25) is 4.90 Å². The monoisotopic (exact) mass is 353 g/mol. The number of hydrogen-bond acceptors (Lipinski definition) is 3. The molecule has 0 atom stereocenters. The highest BCUT2D eigenvalue weighted by Gasteiger charge is 2.28. The second kappa shape index (κ2) is 9.09. The molecule has 0 radical (unpaired) electrons. The standard InChI is InChI=1S/C22H27NO3/c1-5-15-25-20-13-11-18(12-14-20)16-23(22(2,3)4)21(24)26-17-19-9-7-6-8-10-19/h5-14H,1,15-17H2,2-4H3. The van der Waals surface area contributed by atoms with Crippen LogP contribution < -0.4 is 4.74 Å². The van der Waals surface area contributed by atoms with Crippen LogP contribution in [0.3, 0.4) is 0 Å². The summed E-state index contributed by atoms with van der Waals surface area (Å²) in [4.78, 5) is 14.4. The third kappa shape index (κ3) is 5.96. The SMILES string of the molecule is C=CCOc1ccc(CN(C(=O)OCc2ccccc2)C(C)(C)C)cc1. The Labute approximate surface area is 156 Å². The molecule has 0 N–H and O–H groups in total. The van der Waals surface area contributed by atoms with Crippen LogP contribution in [0.4, 0.5) is 4.79 Å². The summed E-state index contributed by atoms with van der Waals surface area (Å²) in [6.45, 7) is 10.8. The normalized spacial score (nSPS) is 10.9. The highest BCUT2D eigenvalue weighted by atomic mass is 16.6. The van der Waals surface area contributed by atoms with Crippen LogP contribution in [0, 0.1) is 0 Å². The number of amides is 1. The molecule has 4 nitrogen and oxygen atoms in total. The van der Waals surface area contributed by atoms with Gasteiger partial charge in [0.1, 0.15) is 19.0 Å². The van der Waals surface area contributed by atoms with Crippen molar-refractivity contribution in [2.75, 3.05) is 6.61 Å². The highest BCUT2D eigenvalue weighted by molar-refractivity contribution is 5.68. The molecule has 0 heterocycles. The van der Waals surface area contributed by atoms with Crippen molar-refractivity contribution in [1.29, 1.82) is 0 Å². The Morgan fingerprint density at radius 3 is 2.27 bits per heavy atom. The summed E-state index contributed by atoms with van der Waals surface area (Å²) in [6, 6.07) is 17.4. The quantitative estimate of drug-likeness (QED) is 0.643. The Morgan fingerprint density at radius 2 is 1.69 bits per heavy atom. The average Bonchev–Trinajstić information content (AvgIpc) is 2.63. The molecular weight excluding hydrogens is 326 g/mol. The van der Waals surface area contributed by atoms with Crippen LogP contribution in [0.2, 0.25) is 0 Å². The molecule has 0 saturated carbocycles. The molecule has 0 aromatic heterocycles. The fraction of sp³-hybridized carbons (Fsp3) is 0.318. The van der Waals surface area contributed by atoms with Crippen LogP contribution in [0.5, 0.6) is 5.75 Å². The van der Waals surface area contributed by atoms with Crippen molar-refractivity contribution in [2.45, 2.75) is 39.5 Å². The van der Waals surface area contributed by atoms with E-state index >= 15 is 0 Å². The molecule has 4 heteroatoms. The first-order valence-corrected chi connectivity index (χ1v) is 8.71. The summed E-state index contributed by atoms with van der Waals surface area (Å²) in [5.41, 5.74) is 1.63. The van der Waals surface area contributed by atoms with E-state index in [1.165, 1.54) is 0 Å². The molecule has 138 valence electrons. The Balaban J connectivity index is 2.02. The minimum absolute atomic E-state index is 0.264. The first kappa shape index (κ1) is 19.6. The second-order valence-electron chi connectivity index (χ2n) is 7.04. The van der Waals surface area contributed by atoms with Crippen molar-refractivity contribution >= 4 is 6.09 Å². The molecule has 26 heavy (non-hydrogen) atoms. The number of benzene rings is 2. The van der Waals surface area contributed by atoms with Gasteiger partial charge in [0.15, 0.2) is 0 Å². The lowest BCUT2D eigenvalue weighted by atomic mass is 10.1. The van der Waals surface area contributed by atoms with E-state index in [0.29, 0.717) is 13.2 Å². The number of carbonyl (C=O) groups excluding carboxylic acids is 1. The number of rotatable bonds is 7. The maximum atomic E-state index is 12.6. The van der Waals surface area contributed by atoms with E-state index in [9.17, 15) is 4.79 Å². The summed E-state index contributed by atoms with van der Waals surface area (Å²) in [7, 11) is 0. The van der Waals surface area contributed by atoms with Gasteiger partial charge in [0.2, 0.25) is 0 Å². The molecule has 0 bridgehead atoms. The lowest BCUT2D eigenvalue weighted by molar-refractivity contribution is 0.0588. The summed E-state index contributed by atoms with van der Waals surface area (Å²) >= 11 is 0. The Bertz CT molecular complexity index is 702. The van der Waals surface area contributed by atoms with E-state index in [2.05, 4.69) is 6.58 Å². The Morgan fingerprint density at radius 1 is 1.04 bits per heavy atom. The summed E-state index contributed by atoms with van der Waals surface area (Å²) < 4.78 is 11.0. The van der Waals surface area contributed by atoms with Gasteiger partial charge < -0.3 is 9.47 Å². The van der Waals surface area contributed by atoms with Crippen molar-refractivity contribution in [2.24, 2.45) is 0 Å². The van der Waals surface area contributed by atoms with Crippen LogP contribution in [-0.4, -0.2) is 23.1 Å². The van der Waals surface area contributed by atoms with Gasteiger partial charge in [-0.2, -0.15) is 0 Å². The minimum atomic E-state index is -0.355. The maximum absolute atomic E-state index is 12.6. The summed E-state index contributed by atoms with van der Waals surface area (Å²) in [6.07, 6.45) is 1.38. The van der Waals surface area contributed by atoms with Crippen LogP contribution in [-0.2, 0) is 17.9 Å². The topological polar surface area (TPSA) is 38.8 Å². The highest BCUT2D eigenvalue weighted by Crippen LogP contribution is 2.21. The van der Waals surface area contributed by atoms with Gasteiger partial charge in [-0.1, -0.05) is 55.1 Å². The largest absolute Gasteiger partial charge is 0.490 e. The van der Waals surface area contributed by atoms with Crippen LogP contribution in [0.15, 0.2) is 67.3 Å². The third-order valence-electron chi connectivity index (χ3n) is 3.87. The molecular formula is C22H27NO3. The average molecular weight is 353 g/mol. The minimum Gasteiger partial charge on any atom is -0.490 e. The van der Waals surface area contributed by atoms with Crippen molar-refractivity contribution in [3.63, 3.8) is 0 Å². The third-order valence-corrected chi connectivity index (χ3v) is 3.87. The lowest BCUT2D eigenvalue weighted by Gasteiger charge is -2.34. The zero-order chi connectivity index (χ0) is 19.0. The maximum Gasteiger partial charge on any atom is 0.410 e. The van der Waals surface area contributed by atoms with Gasteiger partial charge in [0, 0.05) is 12.1 Å². The van der Waals surface area contributed by atoms with E-state index in [4.69, 9.17) is 9.47 Å². The predicted molar refractivity (Wildman–Crippen MR) is 104 cm³/mol. The van der Waals surface area contributed by atoms with E-state index in [1.807, 2.05) is 75.4 Å². The number of carbonyl (C=O) groups is 1. The van der Waals surface area contributed by atoms with Crippen molar-refractivity contribution in [1.82, 2.24) is 4.90 Å². The van der Waals surface area contributed by atoms with Crippen molar-refractivity contribution in [3.05, 3.63) is 78.4 Å². The molecule has 0 fully saturated rings. The van der Waals surface area contributed by atoms with Gasteiger partial charge in [0.05, 0.1) is 0 Å². The fourth-order valence-electron chi connectivity index (χ4n) is 2.40. The molecule has 2 rings (SSSR count). The lowest BCUT2D eigenvalue weighted by Crippen LogP contribution is -2.45. The van der Waals surface area contributed by atoms with E-state index in [0.717, 1.165) is 16.9 Å². The van der Waals surface area contributed by atoms with Gasteiger partial charge in [-0.15, -0.1) is 0 Å². The van der Waals surface area contributed by atoms with Crippen LogP contribution in [0.1, 0.15) is 31.9 Å². The molecule has 0 saturated heterocycles. The van der Waals surface area contributed by atoms with Crippen molar-refractivity contribution < 1.29 is 14.3 Å². The van der Waals surface area contributed by atoms with Crippen LogP contribution in [0.25, 0.3) is 0 Å². The molecule has 0 spiro atoms. The first-order valence-electron chi connectivity index (χ1n) is 8.71. The Kier molecular flexibility index (Phi) is 6.84. The molecule has 0 aliphatic rings. The predicted octanol–water partition coefficient (Wildman–Crippen LogP) is 5.19. The molecule has 0 aliphatic heterocycles. The Hall–Kier alpha value is -2.75. The van der Waals surface area contributed by atoms with E-state index in [-0.39, 0.29) is 18.2 Å². The van der Waals surface area contributed by atoms with Gasteiger partial charge in [-0.05, 0) is 44.0 Å². The first-order chi connectivity index (χ1) is 12.4. The van der Waals surface area contributed by atoms with E-state index in [1.54, 1.807) is 11.0 Å². The molecule has 2 aromatic carbocycles. The van der Waals surface area contributed by atoms with Gasteiger partial charge in [0.25, 0.3) is 0 Å².